The van der Waals surface area contributed by atoms with Gasteiger partial charge in [-0.1, -0.05) is 75.7 Å². The van der Waals surface area contributed by atoms with Gasteiger partial charge in [-0.15, -0.1) is 10.2 Å². The lowest BCUT2D eigenvalue weighted by molar-refractivity contribution is 0.111. The van der Waals surface area contributed by atoms with E-state index < -0.39 is 0 Å². The Morgan fingerprint density at radius 2 is 1.81 bits per heavy atom. The van der Waals surface area contributed by atoms with Gasteiger partial charge in [0, 0.05) is 17.8 Å². The molecule has 4 aromatic rings. The first-order valence-corrected chi connectivity index (χ1v) is 10.7. The minimum atomic E-state index is 0.320. The molecule has 2 aromatic carbocycles. The normalized spacial score (nSPS) is 11.2. The number of hydrogen-bond acceptors (Lipinski definition) is 4. The van der Waals surface area contributed by atoms with Crippen LogP contribution in [0.25, 0.3) is 22.5 Å². The number of aldehydes is 1. The molecule has 1 N–H and O–H groups in total. The number of aryl methyl sites for hydroxylation is 1. The third kappa shape index (κ3) is 4.19. The number of carbonyl (C=O) groups is 1. The van der Waals surface area contributed by atoms with Crippen LogP contribution in [0.15, 0.2) is 54.6 Å². The Kier molecular flexibility index (Phi) is 6.07. The number of nitrogens with one attached hydrogen (secondary N) is 1. The van der Waals surface area contributed by atoms with Gasteiger partial charge < -0.3 is 4.57 Å². The van der Waals surface area contributed by atoms with Crippen LogP contribution in [0.5, 0.6) is 0 Å². The Labute approximate surface area is 182 Å². The summed E-state index contributed by atoms with van der Waals surface area (Å²) in [5.41, 5.74) is 7.38. The highest BCUT2D eigenvalue weighted by Crippen LogP contribution is 2.30. The number of nitrogens with zero attached hydrogens (tertiary/aromatic N) is 4. The van der Waals surface area contributed by atoms with Gasteiger partial charge in [0.15, 0.2) is 6.29 Å². The molecule has 0 radical (unpaired) electrons. The molecule has 0 aliphatic carbocycles. The molecule has 0 bridgehead atoms. The number of carbonyl (C=O) groups excluding carboxylic acids is 1. The number of benzene rings is 2. The minimum Gasteiger partial charge on any atom is -0.338 e. The van der Waals surface area contributed by atoms with Crippen molar-refractivity contribution in [3.05, 3.63) is 77.1 Å². The second-order valence-electron chi connectivity index (χ2n) is 8.06. The van der Waals surface area contributed by atoms with Crippen molar-refractivity contribution in [3.63, 3.8) is 0 Å². The molecule has 0 aliphatic rings. The zero-order valence-corrected chi connectivity index (χ0v) is 18.2. The fraction of sp³-hybridized carbons (Fsp3) is 0.280. The Morgan fingerprint density at radius 1 is 1.06 bits per heavy atom. The van der Waals surface area contributed by atoms with E-state index >= 15 is 0 Å². The van der Waals surface area contributed by atoms with Crippen molar-refractivity contribution < 1.29 is 4.79 Å². The van der Waals surface area contributed by atoms with Crippen molar-refractivity contribution in [1.29, 1.82) is 0 Å². The number of H-pyrrole nitrogens is 1. The zero-order chi connectivity index (χ0) is 21.8. The molecule has 31 heavy (non-hydrogen) atoms. The summed E-state index contributed by atoms with van der Waals surface area (Å²) in [6.07, 6.45) is 3.01. The summed E-state index contributed by atoms with van der Waals surface area (Å²) in [6, 6.07) is 18.7. The molecule has 4 rings (SSSR count). The Bertz CT molecular complexity index is 1160. The lowest BCUT2D eigenvalue weighted by Crippen LogP contribution is -2.09. The van der Waals surface area contributed by atoms with E-state index in [0.29, 0.717) is 18.3 Å². The quantitative estimate of drug-likeness (QED) is 0.399. The van der Waals surface area contributed by atoms with Crippen LogP contribution in [0.3, 0.4) is 0 Å². The van der Waals surface area contributed by atoms with Crippen molar-refractivity contribution >= 4 is 6.29 Å². The summed E-state index contributed by atoms with van der Waals surface area (Å²) in [4.78, 5) is 11.9. The van der Waals surface area contributed by atoms with Crippen LogP contribution in [0.4, 0.5) is 0 Å². The van der Waals surface area contributed by atoms with Crippen molar-refractivity contribution in [2.24, 2.45) is 0 Å². The predicted octanol–water partition coefficient (Wildman–Crippen LogP) is 5.27. The Hall–Kier alpha value is -3.54. The third-order valence-corrected chi connectivity index (χ3v) is 5.61. The maximum absolute atomic E-state index is 11.9. The monoisotopic (exact) mass is 413 g/mol. The summed E-state index contributed by atoms with van der Waals surface area (Å²) >= 11 is 0. The van der Waals surface area contributed by atoms with E-state index in [4.69, 9.17) is 0 Å². The van der Waals surface area contributed by atoms with Crippen molar-refractivity contribution in [2.75, 3.05) is 0 Å². The average molecular weight is 414 g/mol. The molecular formula is C25H27N5O. The maximum atomic E-state index is 11.9. The van der Waals surface area contributed by atoms with Gasteiger partial charge in [0.2, 0.25) is 5.82 Å². The van der Waals surface area contributed by atoms with Gasteiger partial charge in [0.05, 0.1) is 5.69 Å². The number of hydrogen-bond donors (Lipinski definition) is 1. The first-order chi connectivity index (χ1) is 15.1. The molecule has 0 aliphatic heterocycles. The second-order valence-corrected chi connectivity index (χ2v) is 8.06. The molecule has 0 unspecified atom stereocenters. The summed E-state index contributed by atoms with van der Waals surface area (Å²) < 4.78 is 2.17. The van der Waals surface area contributed by atoms with E-state index in [-0.39, 0.29) is 0 Å². The van der Waals surface area contributed by atoms with Crippen LogP contribution in [-0.2, 0) is 13.0 Å². The third-order valence-electron chi connectivity index (χ3n) is 5.61. The fourth-order valence-electron chi connectivity index (χ4n) is 4.06. The van der Waals surface area contributed by atoms with Gasteiger partial charge in [-0.2, -0.15) is 5.21 Å². The topological polar surface area (TPSA) is 76.5 Å². The van der Waals surface area contributed by atoms with E-state index in [9.17, 15) is 4.79 Å². The highest BCUT2D eigenvalue weighted by atomic mass is 16.1. The minimum absolute atomic E-state index is 0.320. The smallest absolute Gasteiger partial charge is 0.205 e. The van der Waals surface area contributed by atoms with E-state index in [2.05, 4.69) is 82.4 Å². The predicted molar refractivity (Wildman–Crippen MR) is 122 cm³/mol. The van der Waals surface area contributed by atoms with Crippen LogP contribution in [0.1, 0.15) is 60.4 Å². The number of aromatic nitrogens is 5. The van der Waals surface area contributed by atoms with Crippen LogP contribution in [-0.4, -0.2) is 31.5 Å². The zero-order valence-electron chi connectivity index (χ0n) is 18.2. The standard InChI is InChI=1S/C25H27N5O/c1-4-7-20-14-23(17(2)3)24(16-31)30(20)15-18-10-12-19(13-11-18)21-8-5-6-9-22(21)25-26-28-29-27-25/h5-6,8-14,16-17H,4,7,15H2,1-3H3,(H,26,27,28,29). The van der Waals surface area contributed by atoms with Crippen molar-refractivity contribution in [3.8, 4) is 22.5 Å². The van der Waals surface area contributed by atoms with Gasteiger partial charge >= 0.3 is 0 Å². The van der Waals surface area contributed by atoms with Crippen LogP contribution >= 0.6 is 0 Å². The first kappa shape index (κ1) is 20.7. The van der Waals surface area contributed by atoms with E-state index in [1.807, 2.05) is 18.2 Å². The van der Waals surface area contributed by atoms with Crippen LogP contribution < -0.4 is 0 Å². The van der Waals surface area contributed by atoms with Gasteiger partial charge in [-0.25, -0.2) is 0 Å². The molecule has 2 heterocycles. The molecule has 0 saturated carbocycles. The fourth-order valence-corrected chi connectivity index (χ4v) is 4.06. The molecule has 0 amide bonds. The highest BCUT2D eigenvalue weighted by Gasteiger charge is 2.17. The first-order valence-electron chi connectivity index (χ1n) is 10.7. The van der Waals surface area contributed by atoms with Gasteiger partial charge in [0.25, 0.3) is 0 Å². The number of tetrazole rings is 1. The van der Waals surface area contributed by atoms with Crippen molar-refractivity contribution in [1.82, 2.24) is 25.2 Å². The SMILES string of the molecule is CCCc1cc(C(C)C)c(C=O)n1Cc1ccc(-c2ccccc2-c2nn[nH]n2)cc1. The molecule has 6 heteroatoms. The molecular weight excluding hydrogens is 386 g/mol. The Morgan fingerprint density at radius 3 is 2.42 bits per heavy atom. The molecule has 158 valence electrons. The molecule has 0 saturated heterocycles. The second kappa shape index (κ2) is 9.08. The lowest BCUT2D eigenvalue weighted by atomic mass is 9.98. The van der Waals surface area contributed by atoms with E-state index in [0.717, 1.165) is 52.6 Å². The number of aromatic amines is 1. The van der Waals surface area contributed by atoms with Gasteiger partial charge in [-0.05, 0) is 45.9 Å². The van der Waals surface area contributed by atoms with Crippen LogP contribution in [0.2, 0.25) is 0 Å². The molecule has 2 aromatic heterocycles. The van der Waals surface area contributed by atoms with Crippen molar-refractivity contribution in [2.45, 2.75) is 46.1 Å². The molecule has 0 spiro atoms. The summed E-state index contributed by atoms with van der Waals surface area (Å²) in [5, 5.41) is 14.4. The largest absolute Gasteiger partial charge is 0.338 e. The lowest BCUT2D eigenvalue weighted by Gasteiger charge is -2.13. The van der Waals surface area contributed by atoms with E-state index in [1.165, 1.54) is 5.69 Å². The van der Waals surface area contributed by atoms with Crippen LogP contribution in [0, 0.1) is 0 Å². The molecule has 0 atom stereocenters. The molecule has 0 fully saturated rings. The average Bonchev–Trinajstić information content (AvgIpc) is 3.43. The Balaban J connectivity index is 1.66. The summed E-state index contributed by atoms with van der Waals surface area (Å²) in [6.45, 7) is 7.13. The van der Waals surface area contributed by atoms with Gasteiger partial charge in [0.1, 0.15) is 0 Å². The maximum Gasteiger partial charge on any atom is 0.205 e. The van der Waals surface area contributed by atoms with Gasteiger partial charge in [-0.3, -0.25) is 4.79 Å². The highest BCUT2D eigenvalue weighted by molar-refractivity contribution is 5.80. The molecule has 6 nitrogen and oxygen atoms in total. The summed E-state index contributed by atoms with van der Waals surface area (Å²) in [7, 11) is 0. The van der Waals surface area contributed by atoms with E-state index in [1.54, 1.807) is 0 Å². The summed E-state index contributed by atoms with van der Waals surface area (Å²) in [5.74, 6) is 0.897. The number of rotatable bonds is 8.